The molecule has 140 valence electrons. The lowest BCUT2D eigenvalue weighted by Gasteiger charge is -2.17. The van der Waals surface area contributed by atoms with Gasteiger partial charge in [0, 0.05) is 17.6 Å². The van der Waals surface area contributed by atoms with Gasteiger partial charge in [-0.15, -0.1) is 11.3 Å². The van der Waals surface area contributed by atoms with Crippen LogP contribution in [0.2, 0.25) is 0 Å². The summed E-state index contributed by atoms with van der Waals surface area (Å²) in [6.07, 6.45) is 1.33. The first kappa shape index (κ1) is 18.8. The maximum absolute atomic E-state index is 12.6. The number of ether oxygens (including phenoxy) is 1. The molecule has 0 atom stereocenters. The maximum atomic E-state index is 12.6. The molecule has 1 aromatic carbocycles. The number of likely N-dealkylation sites (N-methyl/N-ethyl adjacent to an activating group) is 1. The van der Waals surface area contributed by atoms with Gasteiger partial charge >= 0.3 is 5.97 Å². The topological polar surface area (TPSA) is 81.5 Å². The summed E-state index contributed by atoms with van der Waals surface area (Å²) < 4.78 is 6.24. The normalized spacial score (nSPS) is 10.8. The van der Waals surface area contributed by atoms with Gasteiger partial charge in [-0.05, 0) is 31.5 Å². The molecule has 7 nitrogen and oxygen atoms in total. The summed E-state index contributed by atoms with van der Waals surface area (Å²) in [6, 6.07) is 9.04. The molecule has 0 aliphatic heterocycles. The van der Waals surface area contributed by atoms with Crippen molar-refractivity contribution < 1.29 is 14.3 Å². The molecular weight excluding hydrogens is 366 g/mol. The Morgan fingerprint density at radius 1 is 1.22 bits per heavy atom. The third kappa shape index (κ3) is 3.90. The second-order valence-corrected chi connectivity index (χ2v) is 7.29. The first-order chi connectivity index (χ1) is 12.9. The van der Waals surface area contributed by atoms with Crippen LogP contribution >= 0.6 is 11.3 Å². The third-order valence-corrected chi connectivity index (χ3v) is 5.44. The molecule has 8 heteroatoms. The summed E-state index contributed by atoms with van der Waals surface area (Å²) >= 11 is 1.44. The van der Waals surface area contributed by atoms with Crippen molar-refractivity contribution in [3.05, 3.63) is 57.5 Å². The van der Waals surface area contributed by atoms with E-state index in [0.29, 0.717) is 15.9 Å². The Balaban J connectivity index is 1.65. The van der Waals surface area contributed by atoms with Crippen molar-refractivity contribution in [2.45, 2.75) is 20.4 Å². The van der Waals surface area contributed by atoms with Gasteiger partial charge in [-0.2, -0.15) is 0 Å². The van der Waals surface area contributed by atoms with E-state index in [4.69, 9.17) is 4.74 Å². The van der Waals surface area contributed by atoms with Gasteiger partial charge in [-0.1, -0.05) is 18.2 Å². The fourth-order valence-electron chi connectivity index (χ4n) is 2.60. The summed E-state index contributed by atoms with van der Waals surface area (Å²) in [5.74, 6) is -1.03. The molecule has 0 radical (unpaired) electrons. The molecule has 0 N–H and O–H groups in total. The molecule has 2 aromatic heterocycles. The molecule has 3 rings (SSSR count). The number of hydrogen-bond donors (Lipinski definition) is 0. The first-order valence-corrected chi connectivity index (χ1v) is 9.12. The molecule has 0 spiro atoms. The summed E-state index contributed by atoms with van der Waals surface area (Å²) in [5.41, 5.74) is 1.29. The van der Waals surface area contributed by atoms with E-state index in [-0.39, 0.29) is 18.0 Å². The summed E-state index contributed by atoms with van der Waals surface area (Å²) in [7, 11) is 1.61. The van der Waals surface area contributed by atoms with Gasteiger partial charge in [-0.25, -0.2) is 4.98 Å². The van der Waals surface area contributed by atoms with Crippen LogP contribution in [-0.2, 0) is 20.9 Å². The van der Waals surface area contributed by atoms with Gasteiger partial charge in [0.05, 0.1) is 11.7 Å². The van der Waals surface area contributed by atoms with E-state index in [1.165, 1.54) is 27.1 Å². The van der Waals surface area contributed by atoms with E-state index in [2.05, 4.69) is 4.98 Å². The number of fused-ring (bicyclic) bond motifs is 1. The van der Waals surface area contributed by atoms with Gasteiger partial charge in [0.2, 0.25) is 0 Å². The number of carbonyl (C=O) groups is 2. The SMILES string of the molecule is Cc1sc2ncn(CC(=O)OCC(=O)N(C)c3ccccc3)c(=O)c2c1C. The lowest BCUT2D eigenvalue weighted by molar-refractivity contribution is -0.148. The van der Waals surface area contributed by atoms with E-state index in [0.717, 1.165) is 10.4 Å². The molecule has 0 unspecified atom stereocenters. The summed E-state index contributed by atoms with van der Waals surface area (Å²) in [5, 5.41) is 0.521. The molecule has 27 heavy (non-hydrogen) atoms. The van der Waals surface area contributed by atoms with Crippen molar-refractivity contribution in [3.63, 3.8) is 0 Å². The van der Waals surface area contributed by atoms with E-state index >= 15 is 0 Å². The van der Waals surface area contributed by atoms with Crippen molar-refractivity contribution in [1.82, 2.24) is 9.55 Å². The number of anilines is 1. The highest BCUT2D eigenvalue weighted by atomic mass is 32.1. The average molecular weight is 385 g/mol. The summed E-state index contributed by atoms with van der Waals surface area (Å²) in [6.45, 7) is 3.09. The zero-order valence-corrected chi connectivity index (χ0v) is 16.1. The fraction of sp³-hybridized carbons (Fsp3) is 0.263. The number of aromatic nitrogens is 2. The Bertz CT molecular complexity index is 1060. The second-order valence-electron chi connectivity index (χ2n) is 6.09. The zero-order valence-electron chi connectivity index (χ0n) is 15.3. The van der Waals surface area contributed by atoms with Crippen LogP contribution in [0.5, 0.6) is 0 Å². The minimum atomic E-state index is -0.669. The first-order valence-electron chi connectivity index (χ1n) is 8.31. The van der Waals surface area contributed by atoms with Crippen LogP contribution in [-0.4, -0.2) is 35.1 Å². The zero-order chi connectivity index (χ0) is 19.6. The molecule has 0 fully saturated rings. The molecule has 2 heterocycles. The van der Waals surface area contributed by atoms with Crippen molar-refractivity contribution in [2.24, 2.45) is 0 Å². The highest BCUT2D eigenvalue weighted by molar-refractivity contribution is 7.18. The number of amides is 1. The number of para-hydroxylation sites is 1. The van der Waals surface area contributed by atoms with Gasteiger partial charge < -0.3 is 9.64 Å². The predicted octanol–water partition coefficient (Wildman–Crippen LogP) is 2.28. The van der Waals surface area contributed by atoms with Crippen LogP contribution in [0, 0.1) is 13.8 Å². The smallest absolute Gasteiger partial charge is 0.326 e. The average Bonchev–Trinajstić information content (AvgIpc) is 2.97. The number of carbonyl (C=O) groups excluding carboxylic acids is 2. The lowest BCUT2D eigenvalue weighted by atomic mass is 10.2. The largest absolute Gasteiger partial charge is 0.454 e. The highest BCUT2D eigenvalue weighted by Crippen LogP contribution is 2.25. The number of benzene rings is 1. The number of hydrogen-bond acceptors (Lipinski definition) is 6. The van der Waals surface area contributed by atoms with Gasteiger partial charge in [0.1, 0.15) is 11.4 Å². The van der Waals surface area contributed by atoms with Crippen molar-refractivity contribution in [1.29, 1.82) is 0 Å². The molecule has 0 saturated carbocycles. The number of rotatable bonds is 5. The Hall–Kier alpha value is -3.00. The van der Waals surface area contributed by atoms with Crippen molar-refractivity contribution in [2.75, 3.05) is 18.6 Å². The lowest BCUT2D eigenvalue weighted by Crippen LogP contribution is -2.32. The summed E-state index contributed by atoms with van der Waals surface area (Å²) in [4.78, 5) is 44.1. The van der Waals surface area contributed by atoms with Gasteiger partial charge in [-0.3, -0.25) is 19.0 Å². The van der Waals surface area contributed by atoms with Crippen LogP contribution < -0.4 is 10.5 Å². The quantitative estimate of drug-likeness (QED) is 0.630. The molecule has 0 aliphatic rings. The fourth-order valence-corrected chi connectivity index (χ4v) is 3.59. The second kappa shape index (κ2) is 7.71. The van der Waals surface area contributed by atoms with Crippen LogP contribution in [0.15, 0.2) is 41.5 Å². The van der Waals surface area contributed by atoms with Crippen LogP contribution in [0.3, 0.4) is 0 Å². The number of aryl methyl sites for hydroxylation is 2. The number of nitrogens with zero attached hydrogens (tertiary/aromatic N) is 3. The van der Waals surface area contributed by atoms with Crippen molar-refractivity contribution in [3.8, 4) is 0 Å². The highest BCUT2D eigenvalue weighted by Gasteiger charge is 2.16. The van der Waals surface area contributed by atoms with Crippen LogP contribution in [0.25, 0.3) is 10.2 Å². The molecule has 0 bridgehead atoms. The predicted molar refractivity (Wildman–Crippen MR) is 104 cm³/mol. The van der Waals surface area contributed by atoms with E-state index in [1.807, 2.05) is 32.0 Å². The minimum Gasteiger partial charge on any atom is -0.454 e. The molecule has 0 aliphatic carbocycles. The molecule has 1 amide bonds. The Morgan fingerprint density at radius 2 is 1.93 bits per heavy atom. The van der Waals surface area contributed by atoms with Crippen LogP contribution in [0.4, 0.5) is 5.69 Å². The number of thiophene rings is 1. The van der Waals surface area contributed by atoms with E-state index < -0.39 is 12.6 Å². The molecule has 0 saturated heterocycles. The minimum absolute atomic E-state index is 0.286. The van der Waals surface area contributed by atoms with Gasteiger partial charge in [0.15, 0.2) is 6.61 Å². The Labute approximate surface area is 159 Å². The van der Waals surface area contributed by atoms with Gasteiger partial charge in [0.25, 0.3) is 11.5 Å². The number of esters is 1. The van der Waals surface area contributed by atoms with Crippen LogP contribution in [0.1, 0.15) is 10.4 Å². The Kier molecular flexibility index (Phi) is 5.36. The monoisotopic (exact) mass is 385 g/mol. The Morgan fingerprint density at radius 3 is 2.63 bits per heavy atom. The molecule has 3 aromatic rings. The molecular formula is C19H19N3O4S. The standard InChI is InChI=1S/C19H19N3O4S/c1-12-13(2)27-18-17(12)19(25)22(11-20-18)9-16(24)26-10-15(23)21(3)14-7-5-4-6-8-14/h4-8,11H,9-10H2,1-3H3. The van der Waals surface area contributed by atoms with E-state index in [1.54, 1.807) is 19.2 Å². The van der Waals surface area contributed by atoms with Crippen molar-refractivity contribution >= 4 is 39.1 Å². The maximum Gasteiger partial charge on any atom is 0.326 e. The third-order valence-electron chi connectivity index (χ3n) is 4.33. The van der Waals surface area contributed by atoms with E-state index in [9.17, 15) is 14.4 Å².